The van der Waals surface area contributed by atoms with Crippen LogP contribution >= 0.6 is 0 Å². The fourth-order valence-electron chi connectivity index (χ4n) is 6.84. The zero-order chi connectivity index (χ0) is 23.3. The smallest absolute Gasteiger partial charge is 0.136 e. The van der Waals surface area contributed by atoms with Gasteiger partial charge in [-0.3, -0.25) is 0 Å². The highest BCUT2D eigenvalue weighted by Crippen LogP contribution is 2.53. The molecule has 2 aliphatic rings. The third kappa shape index (κ3) is 2.39. The van der Waals surface area contributed by atoms with Crippen molar-refractivity contribution in [1.29, 1.82) is 0 Å². The van der Waals surface area contributed by atoms with Gasteiger partial charge in [0.2, 0.25) is 0 Å². The first kappa shape index (κ1) is 19.3. The van der Waals surface area contributed by atoms with Gasteiger partial charge in [-0.15, -0.1) is 0 Å². The second kappa shape index (κ2) is 6.76. The number of benzene rings is 5. The molecule has 2 atom stereocenters. The van der Waals surface area contributed by atoms with Gasteiger partial charge in [0.1, 0.15) is 11.2 Å². The van der Waals surface area contributed by atoms with Gasteiger partial charge in [-0.1, -0.05) is 74.5 Å². The number of hydrogen-bond donors (Lipinski definition) is 0. The SMILES string of the molecule is CCC1C(C)c2ccccc2N1c1ccc2c(c1)-c1cccc3c1c-2cc1oc2ccccc2c13. The zero-order valence-electron chi connectivity index (χ0n) is 19.9. The minimum atomic E-state index is 0.471. The summed E-state index contributed by atoms with van der Waals surface area (Å²) in [5, 5.41) is 5.05. The van der Waals surface area contributed by atoms with E-state index in [-0.39, 0.29) is 0 Å². The Morgan fingerprint density at radius 1 is 0.686 bits per heavy atom. The Labute approximate surface area is 204 Å². The number of hydrogen-bond acceptors (Lipinski definition) is 2. The van der Waals surface area contributed by atoms with Crippen molar-refractivity contribution in [1.82, 2.24) is 0 Å². The lowest BCUT2D eigenvalue weighted by atomic mass is 9.95. The highest BCUT2D eigenvalue weighted by molar-refractivity contribution is 6.28. The predicted octanol–water partition coefficient (Wildman–Crippen LogP) is 9.42. The summed E-state index contributed by atoms with van der Waals surface area (Å²) in [5.41, 5.74) is 11.3. The highest BCUT2D eigenvalue weighted by Gasteiger charge is 2.36. The van der Waals surface area contributed by atoms with Crippen molar-refractivity contribution in [2.45, 2.75) is 32.2 Å². The molecule has 0 N–H and O–H groups in total. The first-order valence-corrected chi connectivity index (χ1v) is 12.6. The zero-order valence-corrected chi connectivity index (χ0v) is 19.9. The molecule has 0 radical (unpaired) electrons. The maximum absolute atomic E-state index is 6.32. The summed E-state index contributed by atoms with van der Waals surface area (Å²) in [6.45, 7) is 4.68. The molecule has 2 heterocycles. The molecule has 5 aromatic carbocycles. The van der Waals surface area contributed by atoms with E-state index in [2.05, 4.69) is 104 Å². The van der Waals surface area contributed by atoms with Gasteiger partial charge in [0, 0.05) is 34.1 Å². The van der Waals surface area contributed by atoms with Gasteiger partial charge >= 0.3 is 0 Å². The molecule has 0 saturated carbocycles. The Balaban J connectivity index is 1.38. The molecular weight excluding hydrogens is 426 g/mol. The molecule has 35 heavy (non-hydrogen) atoms. The predicted molar refractivity (Wildman–Crippen MR) is 147 cm³/mol. The van der Waals surface area contributed by atoms with Crippen LogP contribution in [-0.4, -0.2) is 6.04 Å². The van der Waals surface area contributed by atoms with Crippen molar-refractivity contribution in [2.24, 2.45) is 0 Å². The first-order valence-electron chi connectivity index (χ1n) is 12.6. The average Bonchev–Trinajstić information content (AvgIpc) is 3.53. The molecule has 0 spiro atoms. The van der Waals surface area contributed by atoms with Gasteiger partial charge in [0.05, 0.1) is 0 Å². The number of para-hydroxylation sites is 2. The molecule has 6 aromatic rings. The van der Waals surface area contributed by atoms with Crippen LogP contribution in [0.15, 0.2) is 95.4 Å². The molecule has 0 saturated heterocycles. The van der Waals surface area contributed by atoms with Crippen molar-refractivity contribution < 1.29 is 4.42 Å². The van der Waals surface area contributed by atoms with Gasteiger partial charge < -0.3 is 9.32 Å². The quantitative estimate of drug-likeness (QED) is 0.260. The molecule has 2 unspecified atom stereocenters. The molecule has 2 nitrogen and oxygen atoms in total. The van der Waals surface area contributed by atoms with Crippen LogP contribution in [-0.2, 0) is 0 Å². The van der Waals surface area contributed by atoms with E-state index in [9.17, 15) is 0 Å². The Kier molecular flexibility index (Phi) is 3.73. The maximum Gasteiger partial charge on any atom is 0.136 e. The summed E-state index contributed by atoms with van der Waals surface area (Å²) in [4.78, 5) is 2.57. The summed E-state index contributed by atoms with van der Waals surface area (Å²) in [6, 6.07) is 33.8. The second-order valence-corrected chi connectivity index (χ2v) is 10.0. The largest absolute Gasteiger partial charge is 0.456 e. The molecule has 0 fully saturated rings. The van der Waals surface area contributed by atoms with Crippen LogP contribution < -0.4 is 4.90 Å². The lowest BCUT2D eigenvalue weighted by molar-refractivity contribution is 0.575. The molecule has 0 amide bonds. The highest BCUT2D eigenvalue weighted by atomic mass is 16.3. The summed E-state index contributed by atoms with van der Waals surface area (Å²) in [6.07, 6.45) is 1.12. The van der Waals surface area contributed by atoms with Gasteiger partial charge in [0.25, 0.3) is 0 Å². The topological polar surface area (TPSA) is 16.4 Å². The van der Waals surface area contributed by atoms with E-state index in [0.29, 0.717) is 12.0 Å². The van der Waals surface area contributed by atoms with E-state index in [4.69, 9.17) is 4.42 Å². The van der Waals surface area contributed by atoms with Crippen molar-refractivity contribution >= 4 is 44.1 Å². The van der Waals surface area contributed by atoms with E-state index in [1.165, 1.54) is 60.7 Å². The van der Waals surface area contributed by atoms with Crippen LogP contribution in [0.25, 0.3) is 55.0 Å². The lowest BCUT2D eigenvalue weighted by Gasteiger charge is -2.29. The number of furan rings is 1. The summed E-state index contributed by atoms with van der Waals surface area (Å²) in [5.74, 6) is 0.519. The lowest BCUT2D eigenvalue weighted by Crippen LogP contribution is -2.28. The molecular formula is C33H25NO. The Morgan fingerprint density at radius 2 is 1.51 bits per heavy atom. The van der Waals surface area contributed by atoms with Crippen molar-refractivity contribution in [2.75, 3.05) is 4.90 Å². The van der Waals surface area contributed by atoms with E-state index >= 15 is 0 Å². The first-order chi connectivity index (χ1) is 17.2. The van der Waals surface area contributed by atoms with E-state index < -0.39 is 0 Å². The van der Waals surface area contributed by atoms with Gasteiger partial charge in [0.15, 0.2) is 0 Å². The Morgan fingerprint density at radius 3 is 2.43 bits per heavy atom. The van der Waals surface area contributed by atoms with E-state index in [1.54, 1.807) is 0 Å². The molecule has 0 bridgehead atoms. The van der Waals surface area contributed by atoms with E-state index in [0.717, 1.165) is 17.6 Å². The molecule has 168 valence electrons. The number of anilines is 2. The molecule has 1 aliphatic carbocycles. The van der Waals surface area contributed by atoms with Crippen LogP contribution in [0.1, 0.15) is 31.7 Å². The van der Waals surface area contributed by atoms with Crippen LogP contribution in [0.5, 0.6) is 0 Å². The van der Waals surface area contributed by atoms with Gasteiger partial charge in [-0.25, -0.2) is 0 Å². The third-order valence-corrected chi connectivity index (χ3v) is 8.38. The number of fused-ring (bicyclic) bond motifs is 8. The number of rotatable bonds is 2. The fraction of sp³-hybridized carbons (Fsp3) is 0.152. The summed E-state index contributed by atoms with van der Waals surface area (Å²) in [7, 11) is 0. The molecule has 1 aliphatic heterocycles. The fourth-order valence-corrected chi connectivity index (χ4v) is 6.84. The minimum Gasteiger partial charge on any atom is -0.456 e. The monoisotopic (exact) mass is 451 g/mol. The van der Waals surface area contributed by atoms with Crippen LogP contribution in [0.3, 0.4) is 0 Å². The Bertz CT molecular complexity index is 1820. The minimum absolute atomic E-state index is 0.471. The molecule has 2 heteroatoms. The normalized spacial score (nSPS) is 18.1. The Hall–Kier alpha value is -4.04. The van der Waals surface area contributed by atoms with Gasteiger partial charge in [-0.2, -0.15) is 0 Å². The van der Waals surface area contributed by atoms with Gasteiger partial charge in [-0.05, 0) is 75.3 Å². The second-order valence-electron chi connectivity index (χ2n) is 10.0. The standard InChI is InChI=1S/C33H25NO/c1-3-28-19(2)21-9-4-6-13-29(21)34(28)20-15-16-22-26(17-20)23-11-8-12-25-32(23)27(22)18-31-33(25)24-10-5-7-14-30(24)35-31/h4-19,28H,3H2,1-2H3. The van der Waals surface area contributed by atoms with Crippen LogP contribution in [0.2, 0.25) is 0 Å². The van der Waals surface area contributed by atoms with Crippen LogP contribution in [0.4, 0.5) is 11.4 Å². The third-order valence-electron chi connectivity index (χ3n) is 8.38. The van der Waals surface area contributed by atoms with E-state index in [1.807, 2.05) is 6.07 Å². The van der Waals surface area contributed by atoms with Crippen molar-refractivity contribution in [3.63, 3.8) is 0 Å². The number of nitrogens with zero attached hydrogens (tertiary/aromatic N) is 1. The van der Waals surface area contributed by atoms with Crippen molar-refractivity contribution in [3.8, 4) is 22.3 Å². The van der Waals surface area contributed by atoms with Crippen molar-refractivity contribution in [3.05, 3.63) is 96.6 Å². The maximum atomic E-state index is 6.32. The molecule has 8 rings (SSSR count). The van der Waals surface area contributed by atoms with Crippen LogP contribution in [0, 0.1) is 0 Å². The summed E-state index contributed by atoms with van der Waals surface area (Å²) >= 11 is 0. The molecule has 1 aromatic heterocycles. The average molecular weight is 452 g/mol. The summed E-state index contributed by atoms with van der Waals surface area (Å²) < 4.78 is 6.32.